The van der Waals surface area contributed by atoms with Gasteiger partial charge in [-0.3, -0.25) is 0 Å². The van der Waals surface area contributed by atoms with Gasteiger partial charge in [0.05, 0.1) is 11.7 Å². The van der Waals surface area contributed by atoms with Crippen molar-refractivity contribution in [2.24, 2.45) is 0 Å². The Labute approximate surface area is 102 Å². The lowest BCUT2D eigenvalue weighted by Crippen LogP contribution is -2.19. The molecule has 1 N–H and O–H groups in total. The van der Waals surface area contributed by atoms with Crippen LogP contribution in [0.5, 0.6) is 0 Å². The van der Waals surface area contributed by atoms with Crippen molar-refractivity contribution < 1.29 is 0 Å². The maximum atomic E-state index is 4.47. The van der Waals surface area contributed by atoms with Gasteiger partial charge in [0.25, 0.3) is 0 Å². The van der Waals surface area contributed by atoms with E-state index in [1.807, 2.05) is 20.0 Å². The molecule has 3 nitrogen and oxygen atoms in total. The summed E-state index contributed by atoms with van der Waals surface area (Å²) in [6, 6.07) is 10.6. The molecular weight excluding hydrogens is 210 g/mol. The normalized spacial score (nSPS) is 12.4. The second-order valence-electron chi connectivity index (χ2n) is 4.16. The van der Waals surface area contributed by atoms with Gasteiger partial charge in [-0.2, -0.15) is 0 Å². The summed E-state index contributed by atoms with van der Waals surface area (Å²) in [6.07, 6.45) is 1.80. The van der Waals surface area contributed by atoms with Crippen LogP contribution in [0, 0.1) is 13.8 Å². The van der Waals surface area contributed by atoms with Gasteiger partial charge in [0.15, 0.2) is 0 Å². The first kappa shape index (κ1) is 11.7. The van der Waals surface area contributed by atoms with Crippen LogP contribution in [0.3, 0.4) is 0 Å². The van der Waals surface area contributed by atoms with Gasteiger partial charge < -0.3 is 5.32 Å². The molecule has 0 fully saturated rings. The van der Waals surface area contributed by atoms with Crippen LogP contribution in [0.4, 0.5) is 0 Å². The third kappa shape index (κ3) is 2.68. The van der Waals surface area contributed by atoms with Crippen LogP contribution in [-0.2, 0) is 0 Å². The molecule has 0 saturated carbocycles. The Balaban J connectivity index is 2.36. The summed E-state index contributed by atoms with van der Waals surface area (Å²) in [5.74, 6) is 0.801. The van der Waals surface area contributed by atoms with Crippen molar-refractivity contribution >= 4 is 0 Å². The van der Waals surface area contributed by atoms with Crippen molar-refractivity contribution in [2.75, 3.05) is 7.05 Å². The molecule has 0 bridgehead atoms. The molecule has 1 heterocycles. The SMILES string of the molecule is CNC(c1ccc(C)cc1)c1ccnc(C)n1. The number of aryl methyl sites for hydroxylation is 2. The number of rotatable bonds is 3. The lowest BCUT2D eigenvalue weighted by Gasteiger charge is -2.16. The molecule has 0 aliphatic carbocycles. The first-order valence-corrected chi connectivity index (χ1v) is 5.74. The van der Waals surface area contributed by atoms with E-state index in [0.29, 0.717) is 0 Å². The maximum absolute atomic E-state index is 4.47. The molecule has 0 spiro atoms. The summed E-state index contributed by atoms with van der Waals surface area (Å²) < 4.78 is 0. The van der Waals surface area contributed by atoms with Gasteiger partial charge in [0, 0.05) is 6.20 Å². The predicted molar refractivity (Wildman–Crippen MR) is 68.9 cm³/mol. The largest absolute Gasteiger partial charge is 0.308 e. The summed E-state index contributed by atoms with van der Waals surface area (Å²) in [5, 5.41) is 3.29. The van der Waals surface area contributed by atoms with Crippen molar-refractivity contribution in [1.82, 2.24) is 15.3 Å². The molecule has 2 aromatic rings. The van der Waals surface area contributed by atoms with Gasteiger partial charge in [-0.05, 0) is 32.5 Å². The zero-order chi connectivity index (χ0) is 12.3. The summed E-state index contributed by atoms with van der Waals surface area (Å²) in [5.41, 5.74) is 3.49. The van der Waals surface area contributed by atoms with Crippen LogP contribution in [0.25, 0.3) is 0 Å². The first-order valence-electron chi connectivity index (χ1n) is 5.74. The number of hydrogen-bond donors (Lipinski definition) is 1. The number of nitrogens with zero attached hydrogens (tertiary/aromatic N) is 2. The molecule has 1 unspecified atom stereocenters. The number of aromatic nitrogens is 2. The van der Waals surface area contributed by atoms with Crippen LogP contribution in [0.2, 0.25) is 0 Å². The van der Waals surface area contributed by atoms with Gasteiger partial charge in [-0.15, -0.1) is 0 Å². The van der Waals surface area contributed by atoms with Crippen LogP contribution < -0.4 is 5.32 Å². The fourth-order valence-electron chi connectivity index (χ4n) is 1.88. The van der Waals surface area contributed by atoms with E-state index in [-0.39, 0.29) is 6.04 Å². The number of nitrogens with one attached hydrogen (secondary N) is 1. The van der Waals surface area contributed by atoms with E-state index in [2.05, 4.69) is 46.5 Å². The van der Waals surface area contributed by atoms with Gasteiger partial charge in [0.1, 0.15) is 5.82 Å². The fourth-order valence-corrected chi connectivity index (χ4v) is 1.88. The zero-order valence-corrected chi connectivity index (χ0v) is 10.4. The van der Waals surface area contributed by atoms with E-state index in [1.54, 1.807) is 6.20 Å². The first-order chi connectivity index (χ1) is 8.20. The maximum Gasteiger partial charge on any atom is 0.125 e. The van der Waals surface area contributed by atoms with Crippen molar-refractivity contribution in [3.8, 4) is 0 Å². The van der Waals surface area contributed by atoms with Crippen molar-refractivity contribution in [2.45, 2.75) is 19.9 Å². The summed E-state index contributed by atoms with van der Waals surface area (Å²) >= 11 is 0. The Kier molecular flexibility index (Phi) is 3.49. The van der Waals surface area contributed by atoms with Crippen LogP contribution >= 0.6 is 0 Å². The van der Waals surface area contributed by atoms with E-state index < -0.39 is 0 Å². The molecule has 17 heavy (non-hydrogen) atoms. The highest BCUT2D eigenvalue weighted by atomic mass is 14.9. The standard InChI is InChI=1S/C14H17N3/c1-10-4-6-12(7-5-10)14(15-3)13-8-9-16-11(2)17-13/h4-9,14-15H,1-3H3. The molecule has 1 aromatic heterocycles. The van der Waals surface area contributed by atoms with E-state index in [4.69, 9.17) is 0 Å². The van der Waals surface area contributed by atoms with Crippen LogP contribution in [0.1, 0.15) is 28.7 Å². The highest BCUT2D eigenvalue weighted by molar-refractivity contribution is 5.29. The van der Waals surface area contributed by atoms with Gasteiger partial charge in [0.2, 0.25) is 0 Å². The third-order valence-corrected chi connectivity index (χ3v) is 2.79. The van der Waals surface area contributed by atoms with Gasteiger partial charge in [-0.1, -0.05) is 29.8 Å². The fraction of sp³-hybridized carbons (Fsp3) is 0.286. The van der Waals surface area contributed by atoms with Crippen molar-refractivity contribution in [3.05, 3.63) is 59.2 Å². The molecule has 0 amide bonds. The molecule has 3 heteroatoms. The topological polar surface area (TPSA) is 37.8 Å². The Morgan fingerprint density at radius 1 is 1.06 bits per heavy atom. The summed E-state index contributed by atoms with van der Waals surface area (Å²) in [7, 11) is 1.95. The molecule has 0 saturated heterocycles. The molecule has 0 aliphatic heterocycles. The average Bonchev–Trinajstić information content (AvgIpc) is 2.33. The van der Waals surface area contributed by atoms with E-state index in [0.717, 1.165) is 11.5 Å². The molecule has 88 valence electrons. The Hall–Kier alpha value is -1.74. The van der Waals surface area contributed by atoms with Crippen molar-refractivity contribution in [3.63, 3.8) is 0 Å². The zero-order valence-electron chi connectivity index (χ0n) is 10.4. The Bertz CT molecular complexity index is 491. The van der Waals surface area contributed by atoms with Gasteiger partial charge >= 0.3 is 0 Å². The highest BCUT2D eigenvalue weighted by Crippen LogP contribution is 2.20. The minimum Gasteiger partial charge on any atom is -0.308 e. The predicted octanol–water partition coefficient (Wildman–Crippen LogP) is 2.40. The quantitative estimate of drug-likeness (QED) is 0.875. The minimum atomic E-state index is 0.123. The second-order valence-corrected chi connectivity index (χ2v) is 4.16. The minimum absolute atomic E-state index is 0.123. The lowest BCUT2D eigenvalue weighted by atomic mass is 10.0. The number of hydrogen-bond acceptors (Lipinski definition) is 3. The second kappa shape index (κ2) is 5.06. The molecule has 1 atom stereocenters. The van der Waals surface area contributed by atoms with E-state index >= 15 is 0 Å². The smallest absolute Gasteiger partial charge is 0.125 e. The molecule has 0 radical (unpaired) electrons. The molecule has 0 aliphatic rings. The van der Waals surface area contributed by atoms with Gasteiger partial charge in [-0.25, -0.2) is 9.97 Å². The highest BCUT2D eigenvalue weighted by Gasteiger charge is 2.13. The Morgan fingerprint density at radius 3 is 2.35 bits per heavy atom. The monoisotopic (exact) mass is 227 g/mol. The third-order valence-electron chi connectivity index (χ3n) is 2.79. The van der Waals surface area contributed by atoms with Crippen LogP contribution in [0.15, 0.2) is 36.5 Å². The van der Waals surface area contributed by atoms with E-state index in [9.17, 15) is 0 Å². The van der Waals surface area contributed by atoms with Crippen LogP contribution in [-0.4, -0.2) is 17.0 Å². The molecule has 2 rings (SSSR count). The lowest BCUT2D eigenvalue weighted by molar-refractivity contribution is 0.664. The number of benzene rings is 1. The Morgan fingerprint density at radius 2 is 1.76 bits per heavy atom. The van der Waals surface area contributed by atoms with Crippen molar-refractivity contribution in [1.29, 1.82) is 0 Å². The molecule has 1 aromatic carbocycles. The summed E-state index contributed by atoms with van der Waals surface area (Å²) in [4.78, 5) is 8.59. The average molecular weight is 227 g/mol. The summed E-state index contributed by atoms with van der Waals surface area (Å²) in [6.45, 7) is 4.00. The van der Waals surface area contributed by atoms with E-state index in [1.165, 1.54) is 11.1 Å². The molecular formula is C14H17N3.